The fourth-order valence-corrected chi connectivity index (χ4v) is 15.0. The minimum Gasteiger partial charge on any atom is -0.370 e. The van der Waals surface area contributed by atoms with Gasteiger partial charge in [-0.05, 0) is 145 Å². The molecule has 0 aliphatic carbocycles. The second-order valence-corrected chi connectivity index (χ2v) is 28.4. The molecule has 91 heavy (non-hydrogen) atoms. The standard InChI is InChI=1S/C20H16Cl2N4O3S2.C20H19FN4O3S2.C20H17FN4O3S2/c21-16-11-13-5-8-26(18(13)12-17(16)22)9-6-19(27)24-14-1-3-15(4-2-14)31(28,29)25-20-23-7-10-30-20;2*21-15-1-6-18-14(13-15)7-10-25(18)11-8-19(26)23-16-2-4-17(5-3-16)30(27,28)24-20-22-9-12-29-20/h1-5,7-8,10-12H,6,9H2,(H,23,25)(H,24,27);1-6,9,12-13H,7-8,10-11H2,(H,22,24)(H,23,26);1-7,9-10,12-13H,8,11H2,(H,22,24)(H,23,26). The summed E-state index contributed by atoms with van der Waals surface area (Å²) in [6, 6.07) is 34.3. The van der Waals surface area contributed by atoms with Crippen molar-refractivity contribution in [2.75, 3.05) is 48.1 Å². The molecule has 0 fully saturated rings. The van der Waals surface area contributed by atoms with Gasteiger partial charge in [-0.1, -0.05) is 23.2 Å². The fourth-order valence-electron chi connectivity index (χ4n) is 9.26. The van der Waals surface area contributed by atoms with Crippen molar-refractivity contribution < 1.29 is 48.4 Å². The molecule has 0 saturated heterocycles. The van der Waals surface area contributed by atoms with Gasteiger partial charge in [0, 0.05) is 137 Å². The van der Waals surface area contributed by atoms with Gasteiger partial charge in [0.25, 0.3) is 30.1 Å². The maximum Gasteiger partial charge on any atom is 0.263 e. The minimum absolute atomic E-state index is 0.0711. The molecule has 5 aromatic heterocycles. The number of nitrogens with zero attached hydrogens (tertiary/aromatic N) is 6. The molecule has 0 radical (unpaired) electrons. The Morgan fingerprint density at radius 1 is 0.473 bits per heavy atom. The van der Waals surface area contributed by atoms with Crippen LogP contribution in [0.15, 0.2) is 195 Å². The first-order valence-electron chi connectivity index (χ1n) is 27.3. The molecule has 31 heteroatoms. The Balaban J connectivity index is 0.000000150. The lowest BCUT2D eigenvalue weighted by atomic mass is 10.1. The lowest BCUT2D eigenvalue weighted by Crippen LogP contribution is -2.26. The molecule has 0 unspecified atom stereocenters. The van der Waals surface area contributed by atoms with Gasteiger partial charge in [-0.2, -0.15) is 0 Å². The van der Waals surface area contributed by atoms with Crippen LogP contribution < -0.4 is 35.0 Å². The van der Waals surface area contributed by atoms with Crippen molar-refractivity contribution in [1.29, 1.82) is 0 Å². The van der Waals surface area contributed by atoms with Crippen molar-refractivity contribution in [2.24, 2.45) is 0 Å². The summed E-state index contributed by atoms with van der Waals surface area (Å²) in [6.45, 7) is 2.17. The second-order valence-electron chi connectivity index (χ2n) is 19.9. The summed E-state index contributed by atoms with van der Waals surface area (Å²) < 4.78 is 112. The number of benzene rings is 6. The fraction of sp³-hybridized carbons (Fsp3) is 0.133. The zero-order valence-corrected chi connectivity index (χ0v) is 53.7. The predicted octanol–water partition coefficient (Wildman–Crippen LogP) is 12.8. The van der Waals surface area contributed by atoms with Gasteiger partial charge >= 0.3 is 0 Å². The lowest BCUT2D eigenvalue weighted by Gasteiger charge is -2.19. The molecule has 0 saturated carbocycles. The van der Waals surface area contributed by atoms with Crippen molar-refractivity contribution in [3.05, 3.63) is 208 Å². The molecule has 6 heterocycles. The molecule has 6 aromatic carbocycles. The van der Waals surface area contributed by atoms with E-state index in [4.69, 9.17) is 23.2 Å². The van der Waals surface area contributed by atoms with Crippen molar-refractivity contribution in [3.63, 3.8) is 0 Å². The molecule has 0 spiro atoms. The number of anilines is 7. The Kier molecular flexibility index (Phi) is 20.8. The number of halogens is 4. The molecule has 11 aromatic rings. The summed E-state index contributed by atoms with van der Waals surface area (Å²) in [5.41, 5.74) is 5.18. The third-order valence-corrected chi connectivity index (χ3v) is 20.9. The van der Waals surface area contributed by atoms with Crippen LogP contribution in [0.25, 0.3) is 21.8 Å². The van der Waals surface area contributed by atoms with Crippen LogP contribution in [0.3, 0.4) is 0 Å². The van der Waals surface area contributed by atoms with Crippen LogP contribution in [0.4, 0.5) is 46.9 Å². The monoisotopic (exact) mass is 1380 g/mol. The molecular formula is C60H52Cl2F2N12O9S6. The minimum atomic E-state index is -3.74. The second kappa shape index (κ2) is 29.0. The van der Waals surface area contributed by atoms with E-state index in [2.05, 4.69) is 50.0 Å². The Morgan fingerprint density at radius 3 is 1.31 bits per heavy atom. The van der Waals surface area contributed by atoms with Crippen molar-refractivity contribution in [1.82, 2.24) is 24.1 Å². The molecule has 0 bridgehead atoms. The van der Waals surface area contributed by atoms with E-state index < -0.39 is 30.1 Å². The highest BCUT2D eigenvalue weighted by Crippen LogP contribution is 2.31. The lowest BCUT2D eigenvalue weighted by molar-refractivity contribution is -0.117. The first-order chi connectivity index (χ1) is 43.6. The van der Waals surface area contributed by atoms with Gasteiger partial charge < -0.3 is 30.0 Å². The quantitative estimate of drug-likeness (QED) is 0.0391. The van der Waals surface area contributed by atoms with Crippen molar-refractivity contribution in [2.45, 2.75) is 53.5 Å². The number of sulfonamides is 3. The third kappa shape index (κ3) is 17.4. The Labute approximate surface area is 542 Å². The number of hydrogen-bond donors (Lipinski definition) is 6. The molecule has 0 atom stereocenters. The van der Waals surface area contributed by atoms with E-state index in [1.807, 2.05) is 27.6 Å². The number of hydrogen-bond acceptors (Lipinski definition) is 16. The highest BCUT2D eigenvalue weighted by molar-refractivity contribution is 7.93. The van der Waals surface area contributed by atoms with E-state index in [1.54, 1.807) is 70.7 Å². The largest absolute Gasteiger partial charge is 0.370 e. The van der Waals surface area contributed by atoms with Gasteiger partial charge in [0.2, 0.25) is 17.7 Å². The van der Waals surface area contributed by atoms with Crippen molar-refractivity contribution >= 4 is 165 Å². The molecule has 1 aliphatic rings. The number of carbonyl (C=O) groups excluding carboxylic acids is 3. The van der Waals surface area contributed by atoms with E-state index >= 15 is 0 Å². The summed E-state index contributed by atoms with van der Waals surface area (Å²) in [7, 11) is -11.2. The molecule has 6 N–H and O–H groups in total. The van der Waals surface area contributed by atoms with Crippen molar-refractivity contribution in [3.8, 4) is 0 Å². The van der Waals surface area contributed by atoms with Crippen LogP contribution >= 0.6 is 57.2 Å². The van der Waals surface area contributed by atoms with Gasteiger partial charge in [0.05, 0.1) is 24.7 Å². The number of carbonyl (C=O) groups is 3. The zero-order chi connectivity index (χ0) is 64.3. The number of amides is 3. The van der Waals surface area contributed by atoms with Gasteiger partial charge in [0.15, 0.2) is 15.4 Å². The van der Waals surface area contributed by atoms with Crippen LogP contribution in [-0.2, 0) is 64.0 Å². The number of aromatic nitrogens is 5. The summed E-state index contributed by atoms with van der Waals surface area (Å²) >= 11 is 15.7. The molecule has 470 valence electrons. The first-order valence-corrected chi connectivity index (χ1v) is 35.2. The summed E-state index contributed by atoms with van der Waals surface area (Å²) in [5, 5.41) is 16.8. The SMILES string of the molecule is O=C(CCN1CCc2cc(F)ccc21)Nc1ccc(S(=O)(=O)Nc2nccs2)cc1.O=C(CCn1ccc2cc(Cl)c(Cl)cc21)Nc1ccc(S(=O)(=O)Nc2nccs2)cc1.O=C(CCn1ccc2cc(F)ccc21)Nc1ccc(S(=O)(=O)Nc2nccs2)cc1. The Morgan fingerprint density at radius 2 is 0.868 bits per heavy atom. The normalized spacial score (nSPS) is 12.1. The van der Waals surface area contributed by atoms with Gasteiger partial charge in [-0.15, -0.1) is 34.0 Å². The molecular weight excluding hydrogens is 1330 g/mol. The maximum atomic E-state index is 13.3. The average Bonchev–Trinajstić information content (AvgIpc) is 1.88. The molecule has 3 amide bonds. The van der Waals surface area contributed by atoms with E-state index in [-0.39, 0.29) is 68.4 Å². The molecule has 21 nitrogen and oxygen atoms in total. The van der Waals surface area contributed by atoms with Crippen LogP contribution in [-0.4, -0.2) is 80.2 Å². The first kappa shape index (κ1) is 65.2. The summed E-state index contributed by atoms with van der Waals surface area (Å²) in [6.07, 6.45) is 9.70. The van der Waals surface area contributed by atoms with Crippen LogP contribution in [0.5, 0.6) is 0 Å². The predicted molar refractivity (Wildman–Crippen MR) is 354 cm³/mol. The molecule has 12 rings (SSSR count). The Hall–Kier alpha value is -8.81. The highest BCUT2D eigenvalue weighted by atomic mass is 35.5. The van der Waals surface area contributed by atoms with Gasteiger partial charge in [-0.25, -0.2) is 49.0 Å². The van der Waals surface area contributed by atoms with Crippen LogP contribution in [0.1, 0.15) is 24.8 Å². The summed E-state index contributed by atoms with van der Waals surface area (Å²) in [5.74, 6) is -1.14. The topological polar surface area (TPSA) is 278 Å². The van der Waals surface area contributed by atoms with Crippen LogP contribution in [0, 0.1) is 11.6 Å². The smallest absolute Gasteiger partial charge is 0.263 e. The summed E-state index contributed by atoms with van der Waals surface area (Å²) in [4.78, 5) is 50.9. The highest BCUT2D eigenvalue weighted by Gasteiger charge is 2.22. The van der Waals surface area contributed by atoms with E-state index in [0.717, 1.165) is 46.0 Å². The van der Waals surface area contributed by atoms with E-state index in [0.29, 0.717) is 57.0 Å². The average molecular weight is 1390 g/mol. The molecule has 1 aliphatic heterocycles. The Bertz CT molecular complexity index is 4720. The van der Waals surface area contributed by atoms with Gasteiger partial charge in [-0.3, -0.25) is 28.5 Å². The maximum absolute atomic E-state index is 13.3. The zero-order valence-electron chi connectivity index (χ0n) is 47.3. The number of rotatable bonds is 21. The third-order valence-electron chi connectivity index (χ3n) is 13.7. The van der Waals surface area contributed by atoms with Gasteiger partial charge in [0.1, 0.15) is 11.6 Å². The number of nitrogens with one attached hydrogen (secondary N) is 6. The number of aryl methyl sites for hydroxylation is 2. The van der Waals surface area contributed by atoms with E-state index in [9.17, 15) is 48.4 Å². The van der Waals surface area contributed by atoms with E-state index in [1.165, 1.54) is 125 Å². The van der Waals surface area contributed by atoms with Crippen LogP contribution in [0.2, 0.25) is 10.0 Å². The number of thiazole rings is 3. The number of fused-ring (bicyclic) bond motifs is 3.